The minimum atomic E-state index is -3.17. The molecule has 0 heterocycles. The predicted octanol–water partition coefficient (Wildman–Crippen LogP) is 0.220. The molecule has 0 bridgehead atoms. The molecule has 0 aromatic carbocycles. The molecule has 0 aliphatic carbocycles. The van der Waals surface area contributed by atoms with Crippen molar-refractivity contribution in [3.05, 3.63) is 0 Å². The van der Waals surface area contributed by atoms with Gasteiger partial charge < -0.3 is 5.32 Å². The Morgan fingerprint density at radius 2 is 1.92 bits per heavy atom. The molecule has 1 unspecified atom stereocenters. The van der Waals surface area contributed by atoms with Crippen molar-refractivity contribution in [1.82, 2.24) is 5.32 Å². The van der Waals surface area contributed by atoms with E-state index in [0.29, 0.717) is 5.71 Å². The molecule has 0 saturated heterocycles. The molecule has 13 heavy (non-hydrogen) atoms. The third kappa shape index (κ3) is 4.02. The molecular formula is C7H14N2O3S. The van der Waals surface area contributed by atoms with Crippen molar-refractivity contribution in [3.8, 4) is 0 Å². The van der Waals surface area contributed by atoms with Gasteiger partial charge in [-0.1, -0.05) is 0 Å². The highest BCUT2D eigenvalue weighted by atomic mass is 32.2. The van der Waals surface area contributed by atoms with Gasteiger partial charge in [0.1, 0.15) is 0 Å². The van der Waals surface area contributed by atoms with E-state index in [-0.39, 0.29) is 0 Å². The van der Waals surface area contributed by atoms with E-state index in [1.807, 2.05) is 0 Å². The molecule has 0 radical (unpaired) electrons. The SMILES string of the molecule is CNC(=O)/N=C(\C)C(C)S(C)(=O)=O. The third-order valence-electron chi connectivity index (χ3n) is 1.72. The normalized spacial score (nSPS) is 15.2. The summed E-state index contributed by atoms with van der Waals surface area (Å²) in [5.74, 6) is 0. The second-order valence-corrected chi connectivity index (χ2v) is 5.15. The molecule has 0 saturated carbocycles. The predicted molar refractivity (Wildman–Crippen MR) is 51.9 cm³/mol. The van der Waals surface area contributed by atoms with Gasteiger partial charge >= 0.3 is 6.03 Å². The van der Waals surface area contributed by atoms with Gasteiger partial charge in [-0.3, -0.25) is 0 Å². The van der Waals surface area contributed by atoms with E-state index in [2.05, 4.69) is 10.3 Å². The molecule has 0 fully saturated rings. The zero-order valence-corrected chi connectivity index (χ0v) is 8.97. The number of hydrogen-bond donors (Lipinski definition) is 1. The van der Waals surface area contributed by atoms with Crippen molar-refractivity contribution in [2.24, 2.45) is 4.99 Å². The fourth-order valence-corrected chi connectivity index (χ4v) is 1.29. The lowest BCUT2D eigenvalue weighted by Crippen LogP contribution is -2.26. The van der Waals surface area contributed by atoms with Gasteiger partial charge in [0.15, 0.2) is 9.84 Å². The van der Waals surface area contributed by atoms with Crippen molar-refractivity contribution in [3.63, 3.8) is 0 Å². The van der Waals surface area contributed by atoms with Crippen LogP contribution in [0.1, 0.15) is 13.8 Å². The van der Waals surface area contributed by atoms with Crippen LogP contribution in [0.25, 0.3) is 0 Å². The lowest BCUT2D eigenvalue weighted by atomic mass is 10.3. The Balaban J connectivity index is 4.71. The Hall–Kier alpha value is -0.910. The summed E-state index contributed by atoms with van der Waals surface area (Å²) >= 11 is 0. The number of urea groups is 1. The van der Waals surface area contributed by atoms with Gasteiger partial charge in [0.2, 0.25) is 0 Å². The third-order valence-corrected chi connectivity index (χ3v) is 3.35. The molecule has 1 atom stereocenters. The smallest absolute Gasteiger partial charge is 0.339 e. The van der Waals surface area contributed by atoms with Crippen LogP contribution in [0.3, 0.4) is 0 Å². The quantitative estimate of drug-likeness (QED) is 0.657. The molecule has 6 heteroatoms. The molecule has 0 spiro atoms. The summed E-state index contributed by atoms with van der Waals surface area (Å²) < 4.78 is 22.1. The minimum Gasteiger partial charge on any atom is -0.339 e. The standard InChI is InChI=1S/C7H14N2O3S/c1-5(9-7(10)8-3)6(2)13(4,11)12/h6H,1-4H3,(H,8,10)/b9-5+. The summed E-state index contributed by atoms with van der Waals surface area (Å²) in [5.41, 5.74) is 0.293. The summed E-state index contributed by atoms with van der Waals surface area (Å²) in [4.78, 5) is 14.3. The van der Waals surface area contributed by atoms with Gasteiger partial charge in [-0.25, -0.2) is 18.2 Å². The van der Waals surface area contributed by atoms with E-state index in [1.165, 1.54) is 20.9 Å². The van der Waals surface area contributed by atoms with Crippen LogP contribution in [0.5, 0.6) is 0 Å². The monoisotopic (exact) mass is 206 g/mol. The summed E-state index contributed by atoms with van der Waals surface area (Å²) in [6.07, 6.45) is 1.11. The van der Waals surface area contributed by atoms with Crippen LogP contribution in [-0.2, 0) is 9.84 Å². The highest BCUT2D eigenvalue weighted by Crippen LogP contribution is 2.00. The molecule has 2 amide bonds. The Kier molecular flexibility index (Phi) is 4.06. The van der Waals surface area contributed by atoms with Crippen molar-refractivity contribution < 1.29 is 13.2 Å². The minimum absolute atomic E-state index is 0.293. The maximum absolute atomic E-state index is 11.0. The van der Waals surface area contributed by atoms with Gasteiger partial charge in [0.05, 0.1) is 5.25 Å². The fraction of sp³-hybridized carbons (Fsp3) is 0.714. The number of rotatable bonds is 2. The van der Waals surface area contributed by atoms with E-state index in [4.69, 9.17) is 0 Å². The molecule has 0 aliphatic heterocycles. The van der Waals surface area contributed by atoms with Crippen LogP contribution in [0.15, 0.2) is 4.99 Å². The fourth-order valence-electron chi connectivity index (χ4n) is 0.617. The van der Waals surface area contributed by atoms with Crippen LogP contribution in [0, 0.1) is 0 Å². The van der Waals surface area contributed by atoms with Gasteiger partial charge in [-0.05, 0) is 13.8 Å². The zero-order valence-electron chi connectivity index (χ0n) is 8.16. The van der Waals surface area contributed by atoms with Gasteiger partial charge in [0, 0.05) is 19.0 Å². The molecule has 0 aliphatic rings. The van der Waals surface area contributed by atoms with E-state index >= 15 is 0 Å². The molecule has 1 N–H and O–H groups in total. The summed E-state index contributed by atoms with van der Waals surface area (Å²) in [7, 11) is -1.73. The maximum atomic E-state index is 11.0. The van der Waals surface area contributed by atoms with Crippen molar-refractivity contribution in [2.75, 3.05) is 13.3 Å². The van der Waals surface area contributed by atoms with Crippen LogP contribution in [0.4, 0.5) is 4.79 Å². The summed E-state index contributed by atoms with van der Waals surface area (Å²) in [5, 5.41) is 1.56. The number of aliphatic imine (C=N–C) groups is 1. The molecule has 0 aromatic rings. The van der Waals surface area contributed by atoms with E-state index in [0.717, 1.165) is 6.26 Å². The molecular weight excluding hydrogens is 192 g/mol. The molecule has 0 rings (SSSR count). The molecule has 0 aromatic heterocycles. The van der Waals surface area contributed by atoms with E-state index in [1.54, 1.807) is 0 Å². The van der Waals surface area contributed by atoms with Crippen LogP contribution in [-0.4, -0.2) is 38.7 Å². The number of carbonyl (C=O) groups is 1. The van der Waals surface area contributed by atoms with E-state index < -0.39 is 21.1 Å². The number of nitrogens with one attached hydrogen (secondary N) is 1. The second kappa shape index (κ2) is 4.36. The number of amides is 2. The van der Waals surface area contributed by atoms with Crippen LogP contribution < -0.4 is 5.32 Å². The number of sulfone groups is 1. The lowest BCUT2D eigenvalue weighted by molar-refractivity contribution is 0.251. The van der Waals surface area contributed by atoms with Crippen LogP contribution >= 0.6 is 0 Å². The largest absolute Gasteiger partial charge is 0.340 e. The van der Waals surface area contributed by atoms with E-state index in [9.17, 15) is 13.2 Å². The van der Waals surface area contributed by atoms with Gasteiger partial charge in [-0.15, -0.1) is 0 Å². The highest BCUT2D eigenvalue weighted by molar-refractivity contribution is 7.92. The first kappa shape index (κ1) is 12.1. The summed E-state index contributed by atoms with van der Waals surface area (Å²) in [6, 6.07) is -0.534. The Morgan fingerprint density at radius 1 is 1.46 bits per heavy atom. The lowest BCUT2D eigenvalue weighted by Gasteiger charge is -2.07. The zero-order chi connectivity index (χ0) is 10.6. The first-order valence-corrected chi connectivity index (χ1v) is 5.70. The number of hydrogen-bond acceptors (Lipinski definition) is 3. The average molecular weight is 206 g/mol. The van der Waals surface area contributed by atoms with Crippen molar-refractivity contribution >= 4 is 21.6 Å². The molecule has 76 valence electrons. The Labute approximate surface area is 78.2 Å². The first-order valence-electron chi connectivity index (χ1n) is 3.74. The second-order valence-electron chi connectivity index (χ2n) is 2.78. The van der Waals surface area contributed by atoms with Gasteiger partial charge in [-0.2, -0.15) is 0 Å². The topological polar surface area (TPSA) is 75.6 Å². The number of carbonyl (C=O) groups excluding carboxylic acids is 1. The van der Waals surface area contributed by atoms with Crippen LogP contribution in [0.2, 0.25) is 0 Å². The van der Waals surface area contributed by atoms with Gasteiger partial charge in [0.25, 0.3) is 0 Å². The van der Waals surface area contributed by atoms with Crippen molar-refractivity contribution in [1.29, 1.82) is 0 Å². The summed E-state index contributed by atoms with van der Waals surface area (Å²) in [6.45, 7) is 3.01. The first-order chi connectivity index (χ1) is 5.79. The number of nitrogens with zero attached hydrogens (tertiary/aromatic N) is 1. The Bertz CT molecular complexity index is 319. The van der Waals surface area contributed by atoms with Crippen molar-refractivity contribution in [2.45, 2.75) is 19.1 Å². The Morgan fingerprint density at radius 3 is 2.23 bits per heavy atom. The maximum Gasteiger partial charge on any atom is 0.340 e. The average Bonchev–Trinajstić information content (AvgIpc) is 2.01. The molecule has 5 nitrogen and oxygen atoms in total. The highest BCUT2D eigenvalue weighted by Gasteiger charge is 2.18.